The summed E-state index contributed by atoms with van der Waals surface area (Å²) in [6, 6.07) is 8.27. The molecular weight excluding hydrogens is 369 g/mol. The van der Waals surface area contributed by atoms with Crippen LogP contribution in [0.1, 0.15) is 18.5 Å². The highest BCUT2D eigenvalue weighted by atomic mass is 35.5. The summed E-state index contributed by atoms with van der Waals surface area (Å²) in [7, 11) is 0. The van der Waals surface area contributed by atoms with Crippen molar-refractivity contribution in [3.05, 3.63) is 59.3 Å². The molecule has 1 aliphatic heterocycles. The van der Waals surface area contributed by atoms with Crippen LogP contribution in [0.25, 0.3) is 16.9 Å². The number of nitrogens with zero attached hydrogens (tertiary/aromatic N) is 5. The summed E-state index contributed by atoms with van der Waals surface area (Å²) < 4.78 is 15.2. The second-order valence-electron chi connectivity index (χ2n) is 6.64. The molecule has 0 amide bonds. The van der Waals surface area contributed by atoms with Crippen molar-refractivity contribution >= 4 is 11.6 Å². The molecule has 0 saturated carbocycles. The molecule has 1 fully saturated rings. The van der Waals surface area contributed by atoms with Crippen LogP contribution in [0.15, 0.2) is 42.7 Å². The molecule has 8 heteroatoms. The fourth-order valence-electron chi connectivity index (χ4n) is 3.30. The van der Waals surface area contributed by atoms with E-state index in [4.69, 9.17) is 11.6 Å². The van der Waals surface area contributed by atoms with E-state index in [0.29, 0.717) is 12.2 Å². The molecule has 6 nitrogen and oxygen atoms in total. The first-order valence-corrected chi connectivity index (χ1v) is 9.20. The van der Waals surface area contributed by atoms with Crippen LogP contribution in [-0.2, 0) is 6.54 Å². The Labute approximate surface area is 161 Å². The van der Waals surface area contributed by atoms with E-state index in [9.17, 15) is 9.50 Å². The molecule has 27 heavy (non-hydrogen) atoms. The number of aliphatic hydroxyl groups is 1. The number of pyridine rings is 1. The van der Waals surface area contributed by atoms with Crippen molar-refractivity contribution < 1.29 is 9.50 Å². The Morgan fingerprint density at radius 3 is 2.59 bits per heavy atom. The summed E-state index contributed by atoms with van der Waals surface area (Å²) in [5.41, 5.74) is 3.20. The number of rotatable bonds is 4. The lowest BCUT2D eigenvalue weighted by Crippen LogP contribution is -2.35. The number of halogens is 2. The van der Waals surface area contributed by atoms with Crippen LogP contribution < -0.4 is 0 Å². The fourth-order valence-corrected chi connectivity index (χ4v) is 3.48. The minimum atomic E-state index is -0.474. The average molecular weight is 388 g/mol. The van der Waals surface area contributed by atoms with E-state index < -0.39 is 5.82 Å². The van der Waals surface area contributed by atoms with E-state index in [1.165, 1.54) is 12.1 Å². The highest BCUT2D eigenvalue weighted by Gasteiger charge is 2.22. The fraction of sp³-hybridized carbons (Fsp3) is 0.316. The molecule has 0 bridgehead atoms. The van der Waals surface area contributed by atoms with E-state index in [0.717, 1.165) is 42.9 Å². The lowest BCUT2D eigenvalue weighted by atomic mass is 10.1. The summed E-state index contributed by atoms with van der Waals surface area (Å²) in [6.45, 7) is 2.25. The number of aliphatic hydroxyl groups excluding tert-OH is 1. The largest absolute Gasteiger partial charge is 0.393 e. The minimum Gasteiger partial charge on any atom is -0.393 e. The first-order valence-electron chi connectivity index (χ1n) is 8.82. The standard InChI is InChI=1S/C19H19ClFN5O/c20-16-11-14(1-2-17(16)21)26-19(13-3-7-22-8-4-13)18(23-24-26)12-25-9-5-15(27)6-10-25/h1-4,7-8,11,15,27H,5-6,9-10,12H2. The van der Waals surface area contributed by atoms with Gasteiger partial charge in [-0.15, -0.1) is 5.10 Å². The number of benzene rings is 1. The molecule has 1 saturated heterocycles. The van der Waals surface area contributed by atoms with Crippen molar-refractivity contribution in [3.63, 3.8) is 0 Å². The van der Waals surface area contributed by atoms with Crippen LogP contribution in [-0.4, -0.2) is 49.2 Å². The molecule has 0 atom stereocenters. The average Bonchev–Trinajstić information content (AvgIpc) is 3.10. The smallest absolute Gasteiger partial charge is 0.141 e. The van der Waals surface area contributed by atoms with Gasteiger partial charge in [-0.3, -0.25) is 9.88 Å². The number of aromatic nitrogens is 4. The van der Waals surface area contributed by atoms with Crippen molar-refractivity contribution in [1.29, 1.82) is 0 Å². The maximum Gasteiger partial charge on any atom is 0.141 e. The zero-order chi connectivity index (χ0) is 18.8. The van der Waals surface area contributed by atoms with E-state index in [1.54, 1.807) is 23.1 Å². The van der Waals surface area contributed by atoms with E-state index in [2.05, 4.69) is 20.2 Å². The van der Waals surface area contributed by atoms with Crippen molar-refractivity contribution in [2.45, 2.75) is 25.5 Å². The lowest BCUT2D eigenvalue weighted by Gasteiger charge is -2.28. The molecule has 1 aromatic carbocycles. The van der Waals surface area contributed by atoms with Gasteiger partial charge in [-0.2, -0.15) is 0 Å². The van der Waals surface area contributed by atoms with E-state index in [1.807, 2.05) is 12.1 Å². The molecule has 4 rings (SSSR count). The van der Waals surface area contributed by atoms with Crippen LogP contribution >= 0.6 is 11.6 Å². The quantitative estimate of drug-likeness (QED) is 0.745. The van der Waals surface area contributed by atoms with Crippen LogP contribution in [0.2, 0.25) is 5.02 Å². The molecule has 0 spiro atoms. The Morgan fingerprint density at radius 1 is 1.15 bits per heavy atom. The molecule has 3 aromatic rings. The Bertz CT molecular complexity index is 925. The van der Waals surface area contributed by atoms with Crippen molar-refractivity contribution in [1.82, 2.24) is 24.9 Å². The second kappa shape index (κ2) is 7.72. The molecule has 2 aromatic heterocycles. The van der Waals surface area contributed by atoms with Crippen LogP contribution in [0, 0.1) is 5.82 Å². The van der Waals surface area contributed by atoms with Crippen LogP contribution in [0.4, 0.5) is 4.39 Å². The van der Waals surface area contributed by atoms with Gasteiger partial charge in [-0.25, -0.2) is 9.07 Å². The maximum atomic E-state index is 13.6. The van der Waals surface area contributed by atoms with Gasteiger partial charge in [-0.05, 0) is 43.2 Å². The zero-order valence-electron chi connectivity index (χ0n) is 14.6. The topological polar surface area (TPSA) is 67.1 Å². The summed E-state index contributed by atoms with van der Waals surface area (Å²) in [6.07, 6.45) is 4.72. The molecule has 1 aliphatic rings. The third-order valence-corrected chi connectivity index (χ3v) is 5.06. The van der Waals surface area contributed by atoms with Crippen LogP contribution in [0.5, 0.6) is 0 Å². The summed E-state index contributed by atoms with van der Waals surface area (Å²) in [4.78, 5) is 6.33. The van der Waals surface area contributed by atoms with E-state index in [-0.39, 0.29) is 11.1 Å². The van der Waals surface area contributed by atoms with Gasteiger partial charge in [-0.1, -0.05) is 16.8 Å². The number of piperidine rings is 1. The number of likely N-dealkylation sites (tertiary alicyclic amines) is 1. The predicted molar refractivity (Wildman–Crippen MR) is 100 cm³/mol. The summed E-state index contributed by atoms with van der Waals surface area (Å²) >= 11 is 5.96. The maximum absolute atomic E-state index is 13.6. The highest BCUT2D eigenvalue weighted by molar-refractivity contribution is 6.30. The predicted octanol–water partition coefficient (Wildman–Crippen LogP) is 3.08. The third kappa shape index (κ3) is 3.85. The number of hydrogen-bond acceptors (Lipinski definition) is 5. The molecule has 0 unspecified atom stereocenters. The second-order valence-corrected chi connectivity index (χ2v) is 7.05. The zero-order valence-corrected chi connectivity index (χ0v) is 15.3. The van der Waals surface area contributed by atoms with Crippen LogP contribution in [0.3, 0.4) is 0 Å². The molecule has 0 radical (unpaired) electrons. The highest BCUT2D eigenvalue weighted by Crippen LogP contribution is 2.28. The monoisotopic (exact) mass is 387 g/mol. The molecule has 1 N–H and O–H groups in total. The Morgan fingerprint density at radius 2 is 1.89 bits per heavy atom. The van der Waals surface area contributed by atoms with Crippen molar-refractivity contribution in [2.24, 2.45) is 0 Å². The molecule has 0 aliphatic carbocycles. The molecular formula is C19H19ClFN5O. The molecule has 3 heterocycles. The van der Waals surface area contributed by atoms with Gasteiger partial charge in [0.1, 0.15) is 11.5 Å². The van der Waals surface area contributed by atoms with Crippen molar-refractivity contribution in [3.8, 4) is 16.9 Å². The number of hydrogen-bond donors (Lipinski definition) is 1. The summed E-state index contributed by atoms with van der Waals surface area (Å²) in [5.74, 6) is -0.474. The lowest BCUT2D eigenvalue weighted by molar-refractivity contribution is 0.0787. The SMILES string of the molecule is OC1CCN(Cc2nnn(-c3ccc(F)c(Cl)c3)c2-c2ccncc2)CC1. The third-order valence-electron chi connectivity index (χ3n) is 4.77. The van der Waals surface area contributed by atoms with Crippen molar-refractivity contribution in [2.75, 3.05) is 13.1 Å². The molecule has 140 valence electrons. The van der Waals surface area contributed by atoms with Gasteiger partial charge in [0, 0.05) is 37.6 Å². The first-order chi connectivity index (χ1) is 13.1. The Kier molecular flexibility index (Phi) is 5.15. The van der Waals surface area contributed by atoms with Gasteiger partial charge in [0.2, 0.25) is 0 Å². The Balaban J connectivity index is 1.73. The van der Waals surface area contributed by atoms with Gasteiger partial charge < -0.3 is 5.11 Å². The van der Waals surface area contributed by atoms with Gasteiger partial charge in [0.15, 0.2) is 0 Å². The Hall–Kier alpha value is -2.35. The van der Waals surface area contributed by atoms with Gasteiger partial charge >= 0.3 is 0 Å². The van der Waals surface area contributed by atoms with Gasteiger partial charge in [0.25, 0.3) is 0 Å². The normalized spacial score (nSPS) is 16.0. The first kappa shape index (κ1) is 18.0. The van der Waals surface area contributed by atoms with Gasteiger partial charge in [0.05, 0.1) is 22.5 Å². The minimum absolute atomic E-state index is 0.0373. The summed E-state index contributed by atoms with van der Waals surface area (Å²) in [5, 5.41) is 18.4. The van der Waals surface area contributed by atoms with E-state index >= 15 is 0 Å².